The van der Waals surface area contributed by atoms with Gasteiger partial charge in [-0.2, -0.15) is 0 Å². The predicted molar refractivity (Wildman–Crippen MR) is 82.1 cm³/mol. The Labute approximate surface area is 130 Å². The van der Waals surface area contributed by atoms with Crippen LogP contribution in [0.25, 0.3) is 0 Å². The molecule has 120 valence electrons. The topological polar surface area (TPSA) is 77.9 Å². The smallest absolute Gasteiger partial charge is 0.219 e. The summed E-state index contributed by atoms with van der Waals surface area (Å²) < 4.78 is 24.0. The molecule has 1 aromatic rings. The van der Waals surface area contributed by atoms with Gasteiger partial charge in [0, 0.05) is 32.6 Å². The van der Waals surface area contributed by atoms with Gasteiger partial charge in [0.1, 0.15) is 5.75 Å². The van der Waals surface area contributed by atoms with Gasteiger partial charge in [-0.3, -0.25) is 9.69 Å². The molecule has 2 saturated heterocycles. The lowest BCUT2D eigenvalue weighted by atomic mass is 10.0. The zero-order valence-electron chi connectivity index (χ0n) is 12.5. The summed E-state index contributed by atoms with van der Waals surface area (Å²) in [7, 11) is -3.11. The van der Waals surface area contributed by atoms with E-state index in [-0.39, 0.29) is 35.2 Å². The first-order valence-electron chi connectivity index (χ1n) is 7.35. The number of sulfone groups is 1. The molecule has 0 radical (unpaired) electrons. The van der Waals surface area contributed by atoms with E-state index in [1.165, 1.54) is 6.92 Å². The second kappa shape index (κ2) is 5.55. The minimum atomic E-state index is -3.11. The van der Waals surface area contributed by atoms with Crippen molar-refractivity contribution < 1.29 is 18.3 Å². The molecule has 2 atom stereocenters. The lowest BCUT2D eigenvalue weighted by Crippen LogP contribution is -2.59. The SMILES string of the molecule is CC(=O)N1CCN(Cc2cccc(O)c2)[C@H]2CS(=O)(=O)C[C@H]21. The predicted octanol–water partition coefficient (Wildman–Crippen LogP) is 0.222. The molecular weight excluding hydrogens is 304 g/mol. The average Bonchev–Trinajstić information content (AvgIpc) is 2.74. The van der Waals surface area contributed by atoms with Crippen molar-refractivity contribution >= 4 is 15.7 Å². The molecular formula is C15H20N2O4S. The highest BCUT2D eigenvalue weighted by Crippen LogP contribution is 2.28. The normalized spacial score (nSPS) is 27.6. The number of carbonyl (C=O) groups is 1. The van der Waals surface area contributed by atoms with Gasteiger partial charge in [-0.15, -0.1) is 0 Å². The van der Waals surface area contributed by atoms with Crippen molar-refractivity contribution in [3.05, 3.63) is 29.8 Å². The maximum absolute atomic E-state index is 12.0. The first-order valence-corrected chi connectivity index (χ1v) is 9.17. The summed E-state index contributed by atoms with van der Waals surface area (Å²) in [4.78, 5) is 15.5. The summed E-state index contributed by atoms with van der Waals surface area (Å²) in [5, 5.41) is 9.56. The molecule has 0 bridgehead atoms. The van der Waals surface area contributed by atoms with E-state index in [0.717, 1.165) is 5.56 Å². The van der Waals surface area contributed by atoms with Gasteiger partial charge < -0.3 is 10.0 Å². The fraction of sp³-hybridized carbons (Fsp3) is 0.533. The zero-order chi connectivity index (χ0) is 15.9. The Morgan fingerprint density at radius 3 is 2.68 bits per heavy atom. The molecule has 2 fully saturated rings. The number of phenolic OH excluding ortho intramolecular Hbond substituents is 1. The third-order valence-corrected chi connectivity index (χ3v) is 6.19. The second-order valence-corrected chi connectivity index (χ2v) is 8.22. The molecule has 2 aliphatic heterocycles. The summed E-state index contributed by atoms with van der Waals surface area (Å²) in [5.74, 6) is 0.285. The molecule has 2 heterocycles. The van der Waals surface area contributed by atoms with Crippen molar-refractivity contribution in [3.8, 4) is 5.75 Å². The molecule has 1 amide bonds. The van der Waals surface area contributed by atoms with Gasteiger partial charge in [-0.1, -0.05) is 12.1 Å². The molecule has 1 N–H and O–H groups in total. The third kappa shape index (κ3) is 2.96. The van der Waals surface area contributed by atoms with Gasteiger partial charge in [0.25, 0.3) is 0 Å². The van der Waals surface area contributed by atoms with Crippen LogP contribution in [0.15, 0.2) is 24.3 Å². The number of hydrogen-bond acceptors (Lipinski definition) is 5. The maximum atomic E-state index is 12.0. The largest absolute Gasteiger partial charge is 0.508 e. The first kappa shape index (κ1) is 15.3. The summed E-state index contributed by atoms with van der Waals surface area (Å²) in [6, 6.07) is 6.57. The molecule has 7 heteroatoms. The molecule has 0 unspecified atom stereocenters. The van der Waals surface area contributed by atoms with Crippen LogP contribution in [0.2, 0.25) is 0 Å². The lowest BCUT2D eigenvalue weighted by molar-refractivity contribution is -0.134. The van der Waals surface area contributed by atoms with E-state index in [1.807, 2.05) is 6.07 Å². The van der Waals surface area contributed by atoms with E-state index in [1.54, 1.807) is 23.1 Å². The van der Waals surface area contributed by atoms with E-state index in [9.17, 15) is 18.3 Å². The van der Waals surface area contributed by atoms with Crippen molar-refractivity contribution in [2.24, 2.45) is 0 Å². The second-order valence-electron chi connectivity index (χ2n) is 6.06. The van der Waals surface area contributed by atoms with E-state index in [0.29, 0.717) is 19.6 Å². The minimum absolute atomic E-state index is 0.0494. The third-order valence-electron chi connectivity index (χ3n) is 4.49. The molecule has 3 rings (SSSR count). The number of aromatic hydroxyl groups is 1. The van der Waals surface area contributed by atoms with Gasteiger partial charge in [-0.05, 0) is 17.7 Å². The van der Waals surface area contributed by atoms with Crippen LogP contribution in [0.1, 0.15) is 12.5 Å². The van der Waals surface area contributed by atoms with Gasteiger partial charge in [0.05, 0.1) is 17.5 Å². The molecule has 22 heavy (non-hydrogen) atoms. The number of nitrogens with zero attached hydrogens (tertiary/aromatic N) is 2. The number of rotatable bonds is 2. The molecule has 6 nitrogen and oxygen atoms in total. The Balaban J connectivity index is 1.83. The highest BCUT2D eigenvalue weighted by Gasteiger charge is 2.47. The van der Waals surface area contributed by atoms with Crippen LogP contribution in [0.3, 0.4) is 0 Å². The highest BCUT2D eigenvalue weighted by molar-refractivity contribution is 7.91. The van der Waals surface area contributed by atoms with Gasteiger partial charge in [0.15, 0.2) is 9.84 Å². The van der Waals surface area contributed by atoms with Crippen LogP contribution in [0.5, 0.6) is 5.75 Å². The van der Waals surface area contributed by atoms with Crippen LogP contribution in [-0.2, 0) is 21.2 Å². The number of fused-ring (bicyclic) bond motifs is 1. The molecule has 0 aliphatic carbocycles. The Bertz CT molecular complexity index is 689. The molecule has 0 aromatic heterocycles. The van der Waals surface area contributed by atoms with Gasteiger partial charge in [0.2, 0.25) is 5.91 Å². The van der Waals surface area contributed by atoms with Crippen LogP contribution in [-0.4, -0.2) is 65.9 Å². The highest BCUT2D eigenvalue weighted by atomic mass is 32.2. The van der Waals surface area contributed by atoms with Crippen molar-refractivity contribution in [1.29, 1.82) is 0 Å². The van der Waals surface area contributed by atoms with Gasteiger partial charge in [-0.25, -0.2) is 8.42 Å². The number of piperazine rings is 1. The maximum Gasteiger partial charge on any atom is 0.219 e. The summed E-state index contributed by atoms with van der Waals surface area (Å²) in [5.41, 5.74) is 0.944. The van der Waals surface area contributed by atoms with E-state index >= 15 is 0 Å². The molecule has 1 aromatic carbocycles. The minimum Gasteiger partial charge on any atom is -0.508 e. The van der Waals surface area contributed by atoms with Crippen LogP contribution in [0, 0.1) is 0 Å². The number of phenols is 1. The first-order chi connectivity index (χ1) is 10.4. The van der Waals surface area contributed by atoms with Crippen molar-refractivity contribution in [1.82, 2.24) is 9.80 Å². The zero-order valence-corrected chi connectivity index (χ0v) is 13.3. The van der Waals surface area contributed by atoms with Crippen LogP contribution >= 0.6 is 0 Å². The number of benzene rings is 1. The number of amides is 1. The van der Waals surface area contributed by atoms with Crippen LogP contribution < -0.4 is 0 Å². The summed E-state index contributed by atoms with van der Waals surface area (Å²) in [6.45, 7) is 3.26. The van der Waals surface area contributed by atoms with E-state index < -0.39 is 9.84 Å². The van der Waals surface area contributed by atoms with Crippen LogP contribution in [0.4, 0.5) is 0 Å². The molecule has 2 aliphatic rings. The summed E-state index contributed by atoms with van der Waals surface area (Å²) in [6.07, 6.45) is 0. The Morgan fingerprint density at radius 2 is 2.00 bits per heavy atom. The Morgan fingerprint density at radius 1 is 1.27 bits per heavy atom. The van der Waals surface area contributed by atoms with Crippen molar-refractivity contribution in [2.45, 2.75) is 25.6 Å². The molecule has 0 saturated carbocycles. The average molecular weight is 324 g/mol. The fourth-order valence-electron chi connectivity index (χ4n) is 3.50. The lowest BCUT2D eigenvalue weighted by Gasteiger charge is -2.43. The van der Waals surface area contributed by atoms with Crippen molar-refractivity contribution in [2.75, 3.05) is 24.6 Å². The fourth-order valence-corrected chi connectivity index (χ4v) is 5.51. The number of carbonyl (C=O) groups excluding carboxylic acids is 1. The quantitative estimate of drug-likeness (QED) is 0.842. The van der Waals surface area contributed by atoms with Gasteiger partial charge >= 0.3 is 0 Å². The number of hydrogen-bond donors (Lipinski definition) is 1. The summed E-state index contributed by atoms with van der Waals surface area (Å²) >= 11 is 0. The van der Waals surface area contributed by atoms with E-state index in [2.05, 4.69) is 4.90 Å². The Kier molecular flexibility index (Phi) is 3.86. The van der Waals surface area contributed by atoms with Crippen molar-refractivity contribution in [3.63, 3.8) is 0 Å². The standard InChI is InChI=1S/C15H20N2O4S/c1-11(18)17-6-5-16(8-12-3-2-4-13(19)7-12)14-9-22(20,21)10-15(14)17/h2-4,7,14-15,19H,5-6,8-10H2,1H3/t14-,15+/m0/s1. The monoisotopic (exact) mass is 324 g/mol. The Hall–Kier alpha value is -1.60. The molecule has 0 spiro atoms. The van der Waals surface area contributed by atoms with E-state index in [4.69, 9.17) is 0 Å².